The molecule has 0 aliphatic carbocycles. The molecule has 3 rings (SSSR count). The highest BCUT2D eigenvalue weighted by molar-refractivity contribution is 5.32. The fraction of sp³-hybridized carbons (Fsp3) is 0.379. The van der Waals surface area contributed by atoms with Crippen LogP contribution >= 0.6 is 0 Å². The van der Waals surface area contributed by atoms with Crippen LogP contribution in [-0.4, -0.2) is 6.61 Å². The second-order valence-electron chi connectivity index (χ2n) is 8.67. The fourth-order valence-electron chi connectivity index (χ4n) is 3.99. The Kier molecular flexibility index (Phi) is 9.55. The monoisotopic (exact) mass is 472 g/mol. The van der Waals surface area contributed by atoms with E-state index < -0.39 is 23.3 Å². The van der Waals surface area contributed by atoms with Gasteiger partial charge in [0.25, 0.3) is 0 Å². The van der Waals surface area contributed by atoms with Gasteiger partial charge in [0.15, 0.2) is 0 Å². The summed E-state index contributed by atoms with van der Waals surface area (Å²) >= 11 is 0. The Morgan fingerprint density at radius 2 is 1.03 bits per heavy atom. The Morgan fingerprint density at radius 3 is 1.50 bits per heavy atom. The molecule has 0 N–H and O–H groups in total. The lowest BCUT2D eigenvalue weighted by Crippen LogP contribution is -2.04. The van der Waals surface area contributed by atoms with Crippen molar-refractivity contribution >= 4 is 0 Å². The van der Waals surface area contributed by atoms with Gasteiger partial charge in [0.1, 0.15) is 29.0 Å². The average molecular weight is 473 g/mol. The van der Waals surface area contributed by atoms with Gasteiger partial charge < -0.3 is 4.74 Å². The maximum atomic E-state index is 14.7. The molecule has 0 unspecified atom stereocenters. The van der Waals surface area contributed by atoms with Gasteiger partial charge in [0.2, 0.25) is 0 Å². The normalized spacial score (nSPS) is 11.1. The first-order valence-electron chi connectivity index (χ1n) is 12.1. The van der Waals surface area contributed by atoms with E-state index in [2.05, 4.69) is 6.92 Å². The quantitative estimate of drug-likeness (QED) is 0.192. The minimum Gasteiger partial charge on any atom is -0.494 e. The third-order valence-corrected chi connectivity index (χ3v) is 5.96. The minimum absolute atomic E-state index is 0.0216. The Balaban J connectivity index is 1.61. The number of hydrogen-bond donors (Lipinski definition) is 0. The van der Waals surface area contributed by atoms with Crippen molar-refractivity contribution in [2.45, 2.75) is 65.2 Å². The molecule has 182 valence electrons. The molecule has 3 aromatic carbocycles. The smallest absolute Gasteiger partial charge is 0.129 e. The second kappa shape index (κ2) is 12.6. The Morgan fingerprint density at radius 1 is 0.559 bits per heavy atom. The van der Waals surface area contributed by atoms with Crippen molar-refractivity contribution in [3.8, 4) is 5.75 Å². The molecule has 0 saturated heterocycles. The van der Waals surface area contributed by atoms with Crippen molar-refractivity contribution < 1.29 is 22.3 Å². The summed E-state index contributed by atoms with van der Waals surface area (Å²) in [6.45, 7) is 4.71. The van der Waals surface area contributed by atoms with E-state index in [0.29, 0.717) is 30.6 Å². The number of rotatable bonds is 12. The second-order valence-corrected chi connectivity index (χ2v) is 8.67. The van der Waals surface area contributed by atoms with Crippen LogP contribution in [0.5, 0.6) is 5.75 Å². The summed E-state index contributed by atoms with van der Waals surface area (Å²) in [7, 11) is 0. The van der Waals surface area contributed by atoms with Crippen LogP contribution in [0, 0.1) is 23.3 Å². The van der Waals surface area contributed by atoms with Crippen molar-refractivity contribution in [2.75, 3.05) is 6.61 Å². The molecule has 0 atom stereocenters. The first-order valence-corrected chi connectivity index (χ1v) is 12.1. The predicted molar refractivity (Wildman–Crippen MR) is 128 cm³/mol. The van der Waals surface area contributed by atoms with Crippen LogP contribution in [0.3, 0.4) is 0 Å². The van der Waals surface area contributed by atoms with E-state index in [4.69, 9.17) is 4.74 Å². The van der Waals surface area contributed by atoms with Crippen molar-refractivity contribution in [1.29, 1.82) is 0 Å². The van der Waals surface area contributed by atoms with Gasteiger partial charge in [-0.3, -0.25) is 0 Å². The molecule has 5 heteroatoms. The molecule has 0 bridgehead atoms. The summed E-state index contributed by atoms with van der Waals surface area (Å²) < 4.78 is 63.6. The number of unbranched alkanes of at least 4 members (excludes halogenated alkanes) is 1. The maximum absolute atomic E-state index is 14.7. The van der Waals surface area contributed by atoms with Crippen LogP contribution in [0.2, 0.25) is 0 Å². The lowest BCUT2D eigenvalue weighted by molar-refractivity contribution is 0.309. The lowest BCUT2D eigenvalue weighted by atomic mass is 9.98. The van der Waals surface area contributed by atoms with Crippen molar-refractivity contribution in [3.05, 3.63) is 99.6 Å². The Hall–Kier alpha value is -2.82. The van der Waals surface area contributed by atoms with Crippen LogP contribution in [0.25, 0.3) is 0 Å². The highest BCUT2D eigenvalue weighted by Crippen LogP contribution is 2.22. The molecule has 0 heterocycles. The number of benzene rings is 3. The molecule has 0 saturated carbocycles. The summed E-state index contributed by atoms with van der Waals surface area (Å²) in [5, 5.41) is 0. The van der Waals surface area contributed by atoms with Gasteiger partial charge in [-0.15, -0.1) is 0 Å². The highest BCUT2D eigenvalue weighted by Gasteiger charge is 2.15. The average Bonchev–Trinajstić information content (AvgIpc) is 2.79. The first-order chi connectivity index (χ1) is 16.4. The molecular formula is C29H32F4O. The molecule has 3 aromatic rings. The van der Waals surface area contributed by atoms with Gasteiger partial charge in [-0.2, -0.15) is 0 Å². The van der Waals surface area contributed by atoms with E-state index in [1.807, 2.05) is 31.2 Å². The molecule has 0 spiro atoms. The fourth-order valence-corrected chi connectivity index (χ4v) is 3.99. The van der Waals surface area contributed by atoms with E-state index >= 15 is 0 Å². The molecule has 34 heavy (non-hydrogen) atoms. The highest BCUT2D eigenvalue weighted by atomic mass is 19.1. The number of hydrogen-bond acceptors (Lipinski definition) is 1. The van der Waals surface area contributed by atoms with E-state index in [0.717, 1.165) is 30.6 Å². The van der Waals surface area contributed by atoms with Crippen LogP contribution in [0.15, 0.2) is 48.5 Å². The SMILES string of the molecule is CCCCOc1ccc(CCc2c(F)cc(CCc3c(F)cc(CCC)cc3F)cc2F)cc1. The Bertz CT molecular complexity index is 1030. The van der Waals surface area contributed by atoms with Crippen LogP contribution in [0.4, 0.5) is 17.6 Å². The van der Waals surface area contributed by atoms with Crippen LogP contribution < -0.4 is 4.74 Å². The van der Waals surface area contributed by atoms with Crippen molar-refractivity contribution in [3.63, 3.8) is 0 Å². The van der Waals surface area contributed by atoms with E-state index in [1.54, 1.807) is 0 Å². The van der Waals surface area contributed by atoms with Crippen molar-refractivity contribution in [2.24, 2.45) is 0 Å². The van der Waals surface area contributed by atoms with E-state index in [1.165, 1.54) is 24.3 Å². The zero-order valence-electron chi connectivity index (χ0n) is 19.9. The van der Waals surface area contributed by atoms with E-state index in [-0.39, 0.29) is 30.4 Å². The summed E-state index contributed by atoms with van der Waals surface area (Å²) in [6.07, 6.45) is 4.34. The lowest BCUT2D eigenvalue weighted by Gasteiger charge is -2.11. The Labute approximate surface area is 199 Å². The predicted octanol–water partition coefficient (Wildman–Crippen LogP) is 7.94. The van der Waals surface area contributed by atoms with Gasteiger partial charge in [-0.1, -0.05) is 38.8 Å². The summed E-state index contributed by atoms with van der Waals surface area (Å²) in [5.41, 5.74) is 1.92. The summed E-state index contributed by atoms with van der Waals surface area (Å²) in [5.74, 6) is -1.69. The van der Waals surface area contributed by atoms with Crippen LogP contribution in [0.1, 0.15) is 60.9 Å². The van der Waals surface area contributed by atoms with Gasteiger partial charge in [0.05, 0.1) is 6.61 Å². The first kappa shape index (κ1) is 25.8. The zero-order chi connectivity index (χ0) is 24.5. The molecule has 0 aliphatic rings. The van der Waals surface area contributed by atoms with Crippen molar-refractivity contribution in [1.82, 2.24) is 0 Å². The largest absolute Gasteiger partial charge is 0.494 e. The van der Waals surface area contributed by atoms with Gasteiger partial charge >= 0.3 is 0 Å². The molecular weight excluding hydrogens is 440 g/mol. The van der Waals surface area contributed by atoms with Gasteiger partial charge in [0, 0.05) is 11.1 Å². The minimum atomic E-state index is -0.631. The molecule has 0 amide bonds. The third-order valence-electron chi connectivity index (χ3n) is 5.96. The number of ether oxygens (including phenoxy) is 1. The van der Waals surface area contributed by atoms with Gasteiger partial charge in [-0.05, 0) is 91.6 Å². The molecule has 0 aliphatic heterocycles. The molecule has 0 fully saturated rings. The maximum Gasteiger partial charge on any atom is 0.129 e. The number of halogens is 4. The molecule has 0 radical (unpaired) electrons. The third kappa shape index (κ3) is 7.09. The summed E-state index contributed by atoms with van der Waals surface area (Å²) in [6, 6.07) is 12.8. The topological polar surface area (TPSA) is 9.23 Å². The van der Waals surface area contributed by atoms with Gasteiger partial charge in [-0.25, -0.2) is 17.6 Å². The number of aryl methyl sites for hydroxylation is 3. The molecule has 0 aromatic heterocycles. The summed E-state index contributed by atoms with van der Waals surface area (Å²) in [4.78, 5) is 0. The standard InChI is InChI=1S/C29H32F4O/c1-3-5-15-34-23-11-7-20(8-12-23)9-13-24-28(32)18-22(19-29(24)33)10-14-25-26(30)16-21(6-4-2)17-27(25)31/h7-8,11-12,16-19H,3-6,9-10,13-15H2,1-2H3. The zero-order valence-corrected chi connectivity index (χ0v) is 19.9. The molecule has 1 nitrogen and oxygen atoms in total. The van der Waals surface area contributed by atoms with E-state index in [9.17, 15) is 17.6 Å². The van der Waals surface area contributed by atoms with Crippen LogP contribution in [-0.2, 0) is 32.1 Å².